The van der Waals surface area contributed by atoms with Crippen LogP contribution in [0.3, 0.4) is 0 Å². The summed E-state index contributed by atoms with van der Waals surface area (Å²) < 4.78 is 11.0. The van der Waals surface area contributed by atoms with Crippen LogP contribution >= 0.6 is 0 Å². The van der Waals surface area contributed by atoms with Crippen molar-refractivity contribution in [3.63, 3.8) is 0 Å². The molecule has 0 saturated carbocycles. The van der Waals surface area contributed by atoms with E-state index in [0.717, 1.165) is 36.8 Å². The molecule has 0 N–H and O–H groups in total. The molecule has 0 unspecified atom stereocenters. The summed E-state index contributed by atoms with van der Waals surface area (Å²) in [6.45, 7) is 13.5. The third-order valence-corrected chi connectivity index (χ3v) is 4.63. The van der Waals surface area contributed by atoms with E-state index in [2.05, 4.69) is 30.9 Å². The second-order valence-electron chi connectivity index (χ2n) is 8.09. The first-order valence-corrected chi connectivity index (χ1v) is 9.07. The Morgan fingerprint density at radius 2 is 2.08 bits per heavy atom. The van der Waals surface area contributed by atoms with Gasteiger partial charge in [0.2, 0.25) is 0 Å². The number of nitrogens with zero attached hydrogens (tertiary/aromatic N) is 3. The zero-order valence-corrected chi connectivity index (χ0v) is 15.9. The molecule has 1 aromatic heterocycles. The van der Waals surface area contributed by atoms with E-state index in [9.17, 15) is 4.79 Å². The smallest absolute Gasteiger partial charge is 0.410 e. The van der Waals surface area contributed by atoms with Gasteiger partial charge in [-0.25, -0.2) is 9.78 Å². The first-order valence-electron chi connectivity index (χ1n) is 9.07. The molecule has 3 rings (SSSR count). The molecule has 3 heterocycles. The van der Waals surface area contributed by atoms with Crippen LogP contribution in [0, 0.1) is 0 Å². The largest absolute Gasteiger partial charge is 0.444 e. The molecule has 0 bridgehead atoms. The molecular formula is C19H29N3O3. The lowest BCUT2D eigenvalue weighted by molar-refractivity contribution is 0.0207. The Morgan fingerprint density at radius 3 is 2.76 bits per heavy atom. The van der Waals surface area contributed by atoms with Gasteiger partial charge in [0.15, 0.2) is 0 Å². The average Bonchev–Trinajstić information content (AvgIpc) is 2.53. The second-order valence-corrected chi connectivity index (χ2v) is 8.09. The van der Waals surface area contributed by atoms with Gasteiger partial charge in [-0.1, -0.05) is 13.0 Å². The van der Waals surface area contributed by atoms with Crippen molar-refractivity contribution in [2.24, 2.45) is 0 Å². The van der Waals surface area contributed by atoms with Crippen molar-refractivity contribution in [1.82, 2.24) is 9.88 Å². The van der Waals surface area contributed by atoms with Gasteiger partial charge in [0.1, 0.15) is 11.4 Å². The molecule has 2 atom stereocenters. The summed E-state index contributed by atoms with van der Waals surface area (Å²) in [5.41, 5.74) is 1.72. The molecule has 6 nitrogen and oxygen atoms in total. The lowest BCUT2D eigenvalue weighted by Gasteiger charge is -2.37. The highest BCUT2D eigenvalue weighted by atomic mass is 16.6. The topological polar surface area (TPSA) is 54.9 Å². The number of aromatic nitrogens is 1. The lowest BCUT2D eigenvalue weighted by atomic mass is 9.96. The predicted molar refractivity (Wildman–Crippen MR) is 96.9 cm³/mol. The molecule has 1 saturated heterocycles. The Bertz CT molecular complexity index is 641. The number of carbonyl (C=O) groups is 1. The van der Waals surface area contributed by atoms with Gasteiger partial charge in [-0.3, -0.25) is 0 Å². The molecule has 0 aliphatic carbocycles. The van der Waals surface area contributed by atoms with Crippen molar-refractivity contribution < 1.29 is 14.3 Å². The van der Waals surface area contributed by atoms with Crippen molar-refractivity contribution in [3.8, 4) is 0 Å². The van der Waals surface area contributed by atoms with E-state index in [1.54, 1.807) is 4.90 Å². The van der Waals surface area contributed by atoms with Crippen molar-refractivity contribution in [3.05, 3.63) is 23.4 Å². The zero-order chi connectivity index (χ0) is 18.2. The van der Waals surface area contributed by atoms with Gasteiger partial charge in [0.05, 0.1) is 31.5 Å². The SMILES string of the molecule is C[C@@H]1CN(C(=O)OC(C)(C)C)Cc2ccc(N3CCOC[C@H]3C)nc21. The van der Waals surface area contributed by atoms with E-state index < -0.39 is 5.60 Å². The first kappa shape index (κ1) is 18.0. The van der Waals surface area contributed by atoms with Crippen LogP contribution in [0.5, 0.6) is 0 Å². The molecule has 1 amide bonds. The van der Waals surface area contributed by atoms with Crippen LogP contribution < -0.4 is 4.90 Å². The van der Waals surface area contributed by atoms with Gasteiger partial charge in [0, 0.05) is 19.0 Å². The third-order valence-electron chi connectivity index (χ3n) is 4.63. The molecule has 2 aliphatic rings. The fourth-order valence-electron chi connectivity index (χ4n) is 3.43. The van der Waals surface area contributed by atoms with Crippen LogP contribution in [0.1, 0.15) is 51.8 Å². The number of hydrogen-bond donors (Lipinski definition) is 0. The molecule has 0 spiro atoms. The fourth-order valence-corrected chi connectivity index (χ4v) is 3.43. The van der Waals surface area contributed by atoms with Crippen LogP contribution in [0.2, 0.25) is 0 Å². The van der Waals surface area contributed by atoms with Gasteiger partial charge in [-0.2, -0.15) is 0 Å². The summed E-state index contributed by atoms with van der Waals surface area (Å²) in [6, 6.07) is 4.50. The number of anilines is 1. The van der Waals surface area contributed by atoms with Gasteiger partial charge in [-0.05, 0) is 39.3 Å². The number of rotatable bonds is 1. The van der Waals surface area contributed by atoms with E-state index in [4.69, 9.17) is 14.5 Å². The Kier molecular flexibility index (Phi) is 4.91. The summed E-state index contributed by atoms with van der Waals surface area (Å²) in [7, 11) is 0. The Morgan fingerprint density at radius 1 is 1.32 bits per heavy atom. The fraction of sp³-hybridized carbons (Fsp3) is 0.684. The minimum Gasteiger partial charge on any atom is -0.444 e. The lowest BCUT2D eigenvalue weighted by Crippen LogP contribution is -2.45. The normalized spacial score (nSPS) is 24.0. The van der Waals surface area contributed by atoms with E-state index in [-0.39, 0.29) is 12.0 Å². The predicted octanol–water partition coefficient (Wildman–Crippen LogP) is 3.16. The molecule has 2 aliphatic heterocycles. The highest BCUT2D eigenvalue weighted by molar-refractivity contribution is 5.69. The summed E-state index contributed by atoms with van der Waals surface area (Å²) in [4.78, 5) is 21.4. The Hall–Kier alpha value is -1.82. The molecule has 25 heavy (non-hydrogen) atoms. The van der Waals surface area contributed by atoms with E-state index in [1.807, 2.05) is 20.8 Å². The highest BCUT2D eigenvalue weighted by Gasteiger charge is 2.31. The molecule has 0 aromatic carbocycles. The number of fused-ring (bicyclic) bond motifs is 1. The molecule has 138 valence electrons. The number of amides is 1. The average molecular weight is 347 g/mol. The Balaban J connectivity index is 1.78. The summed E-state index contributed by atoms with van der Waals surface area (Å²) in [6.07, 6.45) is -0.254. The monoisotopic (exact) mass is 347 g/mol. The number of pyridine rings is 1. The van der Waals surface area contributed by atoms with Crippen LogP contribution in [-0.2, 0) is 16.0 Å². The van der Waals surface area contributed by atoms with Crippen LogP contribution in [0.25, 0.3) is 0 Å². The van der Waals surface area contributed by atoms with Crippen LogP contribution in [0.15, 0.2) is 12.1 Å². The standard InChI is InChI=1S/C19H29N3O3/c1-13-10-21(18(23)25-19(3,4)5)11-15-6-7-16(20-17(13)15)22-8-9-24-12-14(22)2/h6-7,13-14H,8-12H2,1-5H3/t13-,14-/m1/s1. The quantitative estimate of drug-likeness (QED) is 0.781. The summed E-state index contributed by atoms with van der Waals surface area (Å²) >= 11 is 0. The minimum atomic E-state index is -0.477. The van der Waals surface area contributed by atoms with Gasteiger partial charge < -0.3 is 19.3 Å². The van der Waals surface area contributed by atoms with Crippen molar-refractivity contribution in [1.29, 1.82) is 0 Å². The van der Waals surface area contributed by atoms with E-state index in [0.29, 0.717) is 19.1 Å². The van der Waals surface area contributed by atoms with Crippen molar-refractivity contribution in [2.75, 3.05) is 31.2 Å². The van der Waals surface area contributed by atoms with Crippen molar-refractivity contribution >= 4 is 11.9 Å². The molecule has 6 heteroatoms. The second kappa shape index (κ2) is 6.83. The maximum Gasteiger partial charge on any atom is 0.410 e. The van der Waals surface area contributed by atoms with Crippen LogP contribution in [0.4, 0.5) is 10.6 Å². The van der Waals surface area contributed by atoms with Gasteiger partial charge in [-0.15, -0.1) is 0 Å². The molecule has 0 radical (unpaired) electrons. The van der Waals surface area contributed by atoms with E-state index >= 15 is 0 Å². The van der Waals surface area contributed by atoms with Crippen molar-refractivity contribution in [2.45, 2.75) is 58.7 Å². The maximum atomic E-state index is 12.4. The minimum absolute atomic E-state index is 0.188. The zero-order valence-electron chi connectivity index (χ0n) is 15.9. The Labute approximate surface area is 150 Å². The van der Waals surface area contributed by atoms with Gasteiger partial charge >= 0.3 is 6.09 Å². The highest BCUT2D eigenvalue weighted by Crippen LogP contribution is 2.30. The number of ether oxygens (including phenoxy) is 2. The maximum absolute atomic E-state index is 12.4. The summed E-state index contributed by atoms with van der Waals surface area (Å²) in [5.74, 6) is 1.19. The number of morpholine rings is 1. The third kappa shape index (κ3) is 4.06. The molecule has 1 fully saturated rings. The van der Waals surface area contributed by atoms with Crippen LogP contribution in [-0.4, -0.2) is 53.9 Å². The number of carbonyl (C=O) groups excluding carboxylic acids is 1. The number of hydrogen-bond acceptors (Lipinski definition) is 5. The van der Waals surface area contributed by atoms with E-state index in [1.165, 1.54) is 0 Å². The first-order chi connectivity index (χ1) is 11.7. The summed E-state index contributed by atoms with van der Waals surface area (Å²) in [5, 5.41) is 0. The molecular weight excluding hydrogens is 318 g/mol. The molecule has 1 aromatic rings. The van der Waals surface area contributed by atoms with Gasteiger partial charge in [0.25, 0.3) is 0 Å².